The molecule has 0 aromatic heterocycles. The summed E-state index contributed by atoms with van der Waals surface area (Å²) in [6.45, 7) is 5.27. The van der Waals surface area contributed by atoms with Crippen molar-refractivity contribution in [1.82, 2.24) is 14.7 Å². The van der Waals surface area contributed by atoms with Gasteiger partial charge >= 0.3 is 0 Å². The van der Waals surface area contributed by atoms with E-state index in [2.05, 4.69) is 18.2 Å². The van der Waals surface area contributed by atoms with Crippen molar-refractivity contribution < 1.29 is 0 Å². The normalized spacial score (nSPS) is 26.8. The van der Waals surface area contributed by atoms with Gasteiger partial charge in [-0.3, -0.25) is 14.7 Å². The monoisotopic (exact) mass is 217 g/mol. The topological polar surface area (TPSA) is 57.3 Å². The smallest absolute Gasteiger partial charge is 0.182 e. The Hall–Kier alpha value is -1.74. The largest absolute Gasteiger partial charge is 0.278 e. The summed E-state index contributed by atoms with van der Waals surface area (Å²) in [5.74, 6) is 2.57. The van der Waals surface area contributed by atoms with E-state index in [9.17, 15) is 0 Å². The minimum Gasteiger partial charge on any atom is -0.278 e. The van der Waals surface area contributed by atoms with Gasteiger partial charge in [0.25, 0.3) is 0 Å². The third-order valence-electron chi connectivity index (χ3n) is 2.91. The number of nitrogens with zero attached hydrogens (tertiary/aromatic N) is 5. The van der Waals surface area contributed by atoms with E-state index in [1.807, 2.05) is 23.6 Å². The quantitative estimate of drug-likeness (QED) is 0.375. The molecule has 84 valence electrons. The molecule has 1 rings (SSSR count). The highest BCUT2D eigenvalue weighted by Gasteiger charge is 2.34. The van der Waals surface area contributed by atoms with E-state index < -0.39 is 0 Å². The van der Waals surface area contributed by atoms with Crippen LogP contribution in [0.4, 0.5) is 0 Å². The second kappa shape index (κ2) is 5.37. The number of terminal acetylenes is 1. The van der Waals surface area contributed by atoms with Crippen LogP contribution < -0.4 is 0 Å². The zero-order chi connectivity index (χ0) is 12.1. The van der Waals surface area contributed by atoms with Gasteiger partial charge in [0.15, 0.2) is 6.19 Å². The Bertz CT molecular complexity index is 330. The first-order valence-electron chi connectivity index (χ1n) is 5.12. The van der Waals surface area contributed by atoms with Crippen molar-refractivity contribution in [2.45, 2.75) is 26.2 Å². The molecule has 1 fully saturated rings. The SMILES string of the molecule is C#CCN1CN(CC#N)C(C)N(C#N)C1C. The van der Waals surface area contributed by atoms with Crippen molar-refractivity contribution in [3.05, 3.63) is 0 Å². The molecule has 2 unspecified atom stereocenters. The molecule has 0 radical (unpaired) electrons. The van der Waals surface area contributed by atoms with E-state index in [1.54, 1.807) is 4.90 Å². The summed E-state index contributed by atoms with van der Waals surface area (Å²) >= 11 is 0. The van der Waals surface area contributed by atoms with E-state index in [4.69, 9.17) is 16.9 Å². The zero-order valence-corrected chi connectivity index (χ0v) is 9.59. The molecule has 1 aliphatic heterocycles. The van der Waals surface area contributed by atoms with Crippen LogP contribution >= 0.6 is 0 Å². The van der Waals surface area contributed by atoms with Crippen LogP contribution in [0.5, 0.6) is 0 Å². The van der Waals surface area contributed by atoms with E-state index in [0.29, 0.717) is 19.8 Å². The highest BCUT2D eigenvalue weighted by Crippen LogP contribution is 2.18. The first-order valence-corrected chi connectivity index (χ1v) is 5.12. The highest BCUT2D eigenvalue weighted by molar-refractivity contribution is 4.96. The number of nitriles is 2. The van der Waals surface area contributed by atoms with Gasteiger partial charge in [0.2, 0.25) is 0 Å². The predicted octanol–water partition coefficient (Wildman–Crippen LogP) is 0.193. The van der Waals surface area contributed by atoms with Gasteiger partial charge in [0.1, 0.15) is 0 Å². The van der Waals surface area contributed by atoms with Crippen LogP contribution in [-0.2, 0) is 0 Å². The summed E-state index contributed by atoms with van der Waals surface area (Å²) in [5.41, 5.74) is 0. The van der Waals surface area contributed by atoms with Crippen molar-refractivity contribution in [1.29, 1.82) is 10.5 Å². The molecule has 16 heavy (non-hydrogen) atoms. The molecule has 1 saturated heterocycles. The highest BCUT2D eigenvalue weighted by atomic mass is 15.5. The van der Waals surface area contributed by atoms with Gasteiger partial charge < -0.3 is 0 Å². The van der Waals surface area contributed by atoms with Gasteiger partial charge in [0, 0.05) is 0 Å². The summed E-state index contributed by atoms with van der Waals surface area (Å²) in [5, 5.41) is 17.8. The third kappa shape index (κ3) is 2.25. The Balaban J connectivity index is 2.84. The summed E-state index contributed by atoms with van der Waals surface area (Å²) in [7, 11) is 0. The first kappa shape index (κ1) is 12.3. The minimum atomic E-state index is -0.0614. The Kier molecular flexibility index (Phi) is 4.14. The van der Waals surface area contributed by atoms with Gasteiger partial charge in [0.05, 0.1) is 38.2 Å². The second-order valence-electron chi connectivity index (χ2n) is 3.77. The molecule has 5 heteroatoms. The Morgan fingerprint density at radius 2 is 1.75 bits per heavy atom. The molecule has 1 aliphatic rings. The van der Waals surface area contributed by atoms with E-state index in [0.717, 1.165) is 0 Å². The van der Waals surface area contributed by atoms with Gasteiger partial charge in [-0.2, -0.15) is 10.5 Å². The first-order chi connectivity index (χ1) is 7.65. The minimum absolute atomic E-state index is 0.0222. The molecule has 0 aromatic carbocycles. The van der Waals surface area contributed by atoms with E-state index in [1.165, 1.54) is 0 Å². The van der Waals surface area contributed by atoms with Gasteiger partial charge in [-0.1, -0.05) is 5.92 Å². The van der Waals surface area contributed by atoms with Crippen LogP contribution in [0, 0.1) is 35.1 Å². The second-order valence-corrected chi connectivity index (χ2v) is 3.77. The lowest BCUT2D eigenvalue weighted by molar-refractivity contribution is -0.0781. The number of hydrogen-bond donors (Lipinski definition) is 0. The van der Waals surface area contributed by atoms with Crippen LogP contribution in [-0.4, -0.2) is 46.8 Å². The molecular formula is C11H15N5. The van der Waals surface area contributed by atoms with Crippen molar-refractivity contribution in [3.63, 3.8) is 0 Å². The standard InChI is InChI=1S/C11H15N5/c1-4-6-14-9-15(7-5-12)11(3)16(8-13)10(14)2/h1,10-11H,6-7,9H2,2-3H3. The zero-order valence-electron chi connectivity index (χ0n) is 9.59. The van der Waals surface area contributed by atoms with Crippen LogP contribution in [0.1, 0.15) is 13.8 Å². The summed E-state index contributed by atoms with van der Waals surface area (Å²) in [4.78, 5) is 5.55. The maximum absolute atomic E-state index is 9.09. The Labute approximate surface area is 96.4 Å². The number of hydrogen-bond acceptors (Lipinski definition) is 5. The average molecular weight is 217 g/mol. The maximum Gasteiger partial charge on any atom is 0.182 e. The lowest BCUT2D eigenvalue weighted by Crippen LogP contribution is -2.63. The van der Waals surface area contributed by atoms with Crippen LogP contribution in [0.25, 0.3) is 0 Å². The molecule has 0 spiro atoms. The summed E-state index contributed by atoms with van der Waals surface area (Å²) < 4.78 is 0. The molecule has 0 aliphatic carbocycles. The van der Waals surface area contributed by atoms with Gasteiger partial charge in [-0.25, -0.2) is 0 Å². The van der Waals surface area contributed by atoms with Gasteiger partial charge in [-0.05, 0) is 13.8 Å². The fourth-order valence-corrected chi connectivity index (χ4v) is 1.87. The molecule has 5 nitrogen and oxygen atoms in total. The van der Waals surface area contributed by atoms with Crippen LogP contribution in [0.2, 0.25) is 0 Å². The summed E-state index contributed by atoms with van der Waals surface area (Å²) in [6.07, 6.45) is 7.35. The maximum atomic E-state index is 9.09. The van der Waals surface area contributed by atoms with Gasteiger partial charge in [-0.15, -0.1) is 6.42 Å². The lowest BCUT2D eigenvalue weighted by atomic mass is 10.2. The molecule has 1 heterocycles. The molecule has 0 N–H and O–H groups in total. The van der Waals surface area contributed by atoms with Crippen molar-refractivity contribution >= 4 is 0 Å². The van der Waals surface area contributed by atoms with Crippen molar-refractivity contribution in [2.75, 3.05) is 19.8 Å². The van der Waals surface area contributed by atoms with E-state index >= 15 is 0 Å². The average Bonchev–Trinajstić information content (AvgIpc) is 2.26. The molecule has 2 atom stereocenters. The van der Waals surface area contributed by atoms with Crippen molar-refractivity contribution in [2.24, 2.45) is 0 Å². The fourth-order valence-electron chi connectivity index (χ4n) is 1.87. The number of rotatable bonds is 2. The van der Waals surface area contributed by atoms with E-state index in [-0.39, 0.29) is 12.3 Å². The fraction of sp³-hybridized carbons (Fsp3) is 0.636. The Morgan fingerprint density at radius 3 is 2.19 bits per heavy atom. The molecule has 0 aromatic rings. The molecule has 0 amide bonds. The molecule has 0 saturated carbocycles. The van der Waals surface area contributed by atoms with Crippen LogP contribution in [0.3, 0.4) is 0 Å². The summed E-state index contributed by atoms with van der Waals surface area (Å²) in [6, 6.07) is 2.10. The molecule has 0 bridgehead atoms. The predicted molar refractivity (Wildman–Crippen MR) is 59.1 cm³/mol. The Morgan fingerprint density at radius 1 is 1.19 bits per heavy atom. The third-order valence-corrected chi connectivity index (χ3v) is 2.91. The van der Waals surface area contributed by atoms with Crippen molar-refractivity contribution in [3.8, 4) is 24.6 Å². The van der Waals surface area contributed by atoms with Crippen LogP contribution in [0.15, 0.2) is 0 Å². The lowest BCUT2D eigenvalue weighted by Gasteiger charge is -2.47. The molecular weight excluding hydrogens is 202 g/mol.